The number of nitrogens with one attached hydrogen (secondary N) is 3. The number of anilines is 4. The van der Waals surface area contributed by atoms with E-state index in [0.717, 1.165) is 5.69 Å². The molecule has 0 aliphatic heterocycles. The molecule has 200 valence electrons. The number of aromatic nitrogens is 2. The Hall–Kier alpha value is -5.32. The average Bonchev–Trinajstić information content (AvgIpc) is 2.93. The summed E-state index contributed by atoms with van der Waals surface area (Å²) in [6, 6.07) is 21.5. The molecular weight excluding hydrogens is 498 g/mol. The minimum absolute atomic E-state index is 0.00706. The van der Waals surface area contributed by atoms with Crippen LogP contribution in [0.3, 0.4) is 0 Å². The minimum atomic E-state index is -0.0151. The molecule has 0 aliphatic rings. The van der Waals surface area contributed by atoms with E-state index in [0.29, 0.717) is 47.5 Å². The molecule has 4 rings (SSSR count). The molecule has 4 aromatic rings. The van der Waals surface area contributed by atoms with Gasteiger partial charge in [0.15, 0.2) is 28.8 Å². The Labute approximate surface area is 225 Å². The Kier molecular flexibility index (Phi) is 9.11. The van der Waals surface area contributed by atoms with Gasteiger partial charge in [0.1, 0.15) is 5.82 Å². The quantitative estimate of drug-likeness (QED) is 0.122. The molecule has 0 atom stereocenters. The number of nitrogens with zero attached hydrogens (tertiary/aromatic N) is 4. The first-order valence-corrected chi connectivity index (χ1v) is 12.3. The highest BCUT2D eigenvalue weighted by Gasteiger charge is 2.08. The van der Waals surface area contributed by atoms with Gasteiger partial charge in [-0.1, -0.05) is 30.3 Å². The standard InChI is InChI=1S/C28H29N7O4/c1-3-38-22-14-8-10-19(26(22)36)17-29-34-25-16-24(31-21-12-6-5-7-13-21)32-28(33-25)35-30-18-20-11-9-15-23(27(20)37)39-4-2/h5-18,36-37H,3-4H2,1-2H3,(H3,31,32,33,34,35). The molecule has 0 spiro atoms. The fourth-order valence-corrected chi connectivity index (χ4v) is 3.45. The van der Waals surface area contributed by atoms with Gasteiger partial charge in [0, 0.05) is 22.9 Å². The summed E-state index contributed by atoms with van der Waals surface area (Å²) in [4.78, 5) is 8.86. The van der Waals surface area contributed by atoms with Crippen molar-refractivity contribution in [1.29, 1.82) is 0 Å². The van der Waals surface area contributed by atoms with E-state index in [4.69, 9.17) is 9.47 Å². The topological polar surface area (TPSA) is 146 Å². The van der Waals surface area contributed by atoms with Gasteiger partial charge >= 0.3 is 0 Å². The molecule has 0 saturated heterocycles. The second-order valence-corrected chi connectivity index (χ2v) is 7.95. The number of ether oxygens (including phenoxy) is 2. The predicted octanol–water partition coefficient (Wildman–Crippen LogP) is 5.32. The summed E-state index contributed by atoms with van der Waals surface area (Å²) in [6.07, 6.45) is 2.90. The molecule has 1 aromatic heterocycles. The maximum absolute atomic E-state index is 10.4. The first-order chi connectivity index (χ1) is 19.1. The summed E-state index contributed by atoms with van der Waals surface area (Å²) in [5.74, 6) is 1.74. The zero-order valence-electron chi connectivity index (χ0n) is 21.5. The first kappa shape index (κ1) is 26.7. The third kappa shape index (κ3) is 7.35. The number of hydrazone groups is 2. The predicted molar refractivity (Wildman–Crippen MR) is 153 cm³/mol. The SMILES string of the molecule is CCOc1cccc(C=NNc2cc(Nc3ccccc3)nc(NN=Cc3cccc(OCC)c3O)n2)c1O. The van der Waals surface area contributed by atoms with Gasteiger partial charge < -0.3 is 25.0 Å². The van der Waals surface area contributed by atoms with Crippen molar-refractivity contribution in [2.24, 2.45) is 10.2 Å². The van der Waals surface area contributed by atoms with Crippen LogP contribution < -0.4 is 25.6 Å². The van der Waals surface area contributed by atoms with Crippen LogP contribution in [0, 0.1) is 0 Å². The lowest BCUT2D eigenvalue weighted by molar-refractivity contribution is 0.318. The molecule has 5 N–H and O–H groups in total. The second kappa shape index (κ2) is 13.3. The zero-order valence-corrected chi connectivity index (χ0v) is 21.5. The van der Waals surface area contributed by atoms with Crippen LogP contribution in [0.5, 0.6) is 23.0 Å². The van der Waals surface area contributed by atoms with E-state index in [1.165, 1.54) is 12.4 Å². The van der Waals surface area contributed by atoms with Crippen molar-refractivity contribution >= 4 is 35.7 Å². The van der Waals surface area contributed by atoms with Crippen LogP contribution >= 0.6 is 0 Å². The van der Waals surface area contributed by atoms with Gasteiger partial charge in [-0.05, 0) is 50.2 Å². The van der Waals surface area contributed by atoms with E-state index in [1.807, 2.05) is 44.2 Å². The molecule has 0 radical (unpaired) electrons. The van der Waals surface area contributed by atoms with Gasteiger partial charge in [0.25, 0.3) is 0 Å². The highest BCUT2D eigenvalue weighted by atomic mass is 16.5. The van der Waals surface area contributed by atoms with Crippen molar-refractivity contribution < 1.29 is 19.7 Å². The van der Waals surface area contributed by atoms with E-state index in [9.17, 15) is 10.2 Å². The van der Waals surface area contributed by atoms with E-state index in [1.54, 1.807) is 42.5 Å². The number of rotatable bonds is 12. The summed E-state index contributed by atoms with van der Waals surface area (Å²) < 4.78 is 10.8. The molecule has 1 heterocycles. The van der Waals surface area contributed by atoms with E-state index < -0.39 is 0 Å². The summed E-state index contributed by atoms with van der Waals surface area (Å²) in [5.41, 5.74) is 7.40. The van der Waals surface area contributed by atoms with Crippen molar-refractivity contribution in [2.75, 3.05) is 29.4 Å². The fraction of sp³-hybridized carbons (Fsp3) is 0.143. The minimum Gasteiger partial charge on any atom is -0.504 e. The Morgan fingerprint density at radius 1 is 0.718 bits per heavy atom. The van der Waals surface area contributed by atoms with Crippen molar-refractivity contribution in [3.8, 4) is 23.0 Å². The third-order valence-corrected chi connectivity index (χ3v) is 5.18. The van der Waals surface area contributed by atoms with Gasteiger partial charge in [-0.2, -0.15) is 20.2 Å². The molecule has 0 bridgehead atoms. The lowest BCUT2D eigenvalue weighted by atomic mass is 10.2. The van der Waals surface area contributed by atoms with E-state index >= 15 is 0 Å². The van der Waals surface area contributed by atoms with E-state index in [2.05, 4.69) is 36.3 Å². The number of benzene rings is 3. The van der Waals surface area contributed by atoms with Crippen molar-refractivity contribution in [2.45, 2.75) is 13.8 Å². The number of hydrogen-bond acceptors (Lipinski definition) is 11. The highest BCUT2D eigenvalue weighted by Crippen LogP contribution is 2.29. The average molecular weight is 528 g/mol. The number of aromatic hydroxyl groups is 2. The molecule has 0 aliphatic carbocycles. The fourth-order valence-electron chi connectivity index (χ4n) is 3.45. The normalized spacial score (nSPS) is 11.0. The Bertz CT molecular complexity index is 1360. The molecule has 39 heavy (non-hydrogen) atoms. The zero-order chi connectivity index (χ0) is 27.5. The van der Waals surface area contributed by atoms with Gasteiger partial charge in [-0.25, -0.2) is 5.43 Å². The number of hydrogen-bond donors (Lipinski definition) is 5. The lowest BCUT2D eigenvalue weighted by Gasteiger charge is -2.10. The Morgan fingerprint density at radius 3 is 1.87 bits per heavy atom. The van der Waals surface area contributed by atoms with Crippen molar-refractivity contribution in [1.82, 2.24) is 9.97 Å². The summed E-state index contributed by atoms with van der Waals surface area (Å²) in [6.45, 7) is 4.54. The van der Waals surface area contributed by atoms with Crippen LogP contribution in [-0.2, 0) is 0 Å². The highest BCUT2D eigenvalue weighted by molar-refractivity contribution is 5.86. The molecule has 0 saturated carbocycles. The molecule has 11 nitrogen and oxygen atoms in total. The number of phenols is 2. The monoisotopic (exact) mass is 527 g/mol. The molecule has 11 heteroatoms. The van der Waals surface area contributed by atoms with Gasteiger partial charge in [-0.15, -0.1) is 0 Å². The van der Waals surface area contributed by atoms with Crippen LogP contribution in [0.1, 0.15) is 25.0 Å². The van der Waals surface area contributed by atoms with Gasteiger partial charge in [0.05, 0.1) is 25.6 Å². The molecule has 0 amide bonds. The first-order valence-electron chi connectivity index (χ1n) is 12.3. The van der Waals surface area contributed by atoms with Gasteiger partial charge in [0.2, 0.25) is 5.95 Å². The molecule has 3 aromatic carbocycles. The summed E-state index contributed by atoms with van der Waals surface area (Å²) in [5, 5.41) is 32.4. The Balaban J connectivity index is 1.55. The maximum atomic E-state index is 10.4. The van der Waals surface area contributed by atoms with Crippen LogP contribution in [-0.4, -0.2) is 45.8 Å². The Morgan fingerprint density at radius 2 is 1.28 bits per heavy atom. The van der Waals surface area contributed by atoms with Crippen LogP contribution in [0.15, 0.2) is 83.0 Å². The molecular formula is C28H29N7O4. The summed E-state index contributed by atoms with van der Waals surface area (Å²) >= 11 is 0. The number of phenolic OH excluding ortho intramolecular Hbond substituents is 2. The summed E-state index contributed by atoms with van der Waals surface area (Å²) in [7, 11) is 0. The molecule has 0 fully saturated rings. The van der Waals surface area contributed by atoms with Gasteiger partial charge in [-0.3, -0.25) is 5.43 Å². The smallest absolute Gasteiger partial charge is 0.247 e. The van der Waals surface area contributed by atoms with Crippen molar-refractivity contribution in [3.63, 3.8) is 0 Å². The van der Waals surface area contributed by atoms with Crippen LogP contribution in [0.2, 0.25) is 0 Å². The van der Waals surface area contributed by atoms with Crippen LogP contribution in [0.4, 0.5) is 23.3 Å². The number of para-hydroxylation sites is 3. The largest absolute Gasteiger partial charge is 0.504 e. The van der Waals surface area contributed by atoms with Crippen LogP contribution in [0.25, 0.3) is 0 Å². The van der Waals surface area contributed by atoms with E-state index in [-0.39, 0.29) is 17.4 Å². The lowest BCUT2D eigenvalue weighted by Crippen LogP contribution is -2.04. The maximum Gasteiger partial charge on any atom is 0.247 e. The third-order valence-electron chi connectivity index (χ3n) is 5.18. The second-order valence-electron chi connectivity index (χ2n) is 7.95. The van der Waals surface area contributed by atoms with Crippen molar-refractivity contribution in [3.05, 3.63) is 83.9 Å². The molecule has 0 unspecified atom stereocenters.